The molecule has 19 heavy (non-hydrogen) atoms. The molecule has 0 heterocycles. The number of benzene rings is 1. The molecule has 0 saturated heterocycles. The van der Waals surface area contributed by atoms with E-state index in [0.29, 0.717) is 5.71 Å². The van der Waals surface area contributed by atoms with E-state index in [4.69, 9.17) is 9.94 Å². The highest BCUT2D eigenvalue weighted by Crippen LogP contribution is 2.48. The monoisotopic (exact) mass is 259 g/mol. The Labute approximate surface area is 114 Å². The van der Waals surface area contributed by atoms with E-state index < -0.39 is 0 Å². The summed E-state index contributed by atoms with van der Waals surface area (Å²) in [6, 6.07) is 7.79. The SMILES string of the molecule is CC(=NO)c1cccc(OCC2CC3CCC2C3)c1. The highest BCUT2D eigenvalue weighted by atomic mass is 16.5. The largest absolute Gasteiger partial charge is 0.493 e. The van der Waals surface area contributed by atoms with E-state index in [-0.39, 0.29) is 0 Å². The van der Waals surface area contributed by atoms with Gasteiger partial charge in [0, 0.05) is 5.56 Å². The maximum absolute atomic E-state index is 8.80. The Morgan fingerprint density at radius 1 is 1.37 bits per heavy atom. The van der Waals surface area contributed by atoms with Crippen LogP contribution in [0.3, 0.4) is 0 Å². The molecule has 2 aliphatic carbocycles. The van der Waals surface area contributed by atoms with Crippen LogP contribution >= 0.6 is 0 Å². The molecule has 2 aliphatic rings. The van der Waals surface area contributed by atoms with E-state index in [1.807, 2.05) is 24.3 Å². The summed E-state index contributed by atoms with van der Waals surface area (Å²) in [5, 5.41) is 12.0. The Morgan fingerprint density at radius 2 is 2.26 bits per heavy atom. The topological polar surface area (TPSA) is 41.8 Å². The summed E-state index contributed by atoms with van der Waals surface area (Å²) in [6.07, 6.45) is 5.60. The van der Waals surface area contributed by atoms with Gasteiger partial charge < -0.3 is 9.94 Å². The third-order valence-corrected chi connectivity index (χ3v) is 4.75. The fraction of sp³-hybridized carbons (Fsp3) is 0.562. The zero-order chi connectivity index (χ0) is 13.2. The minimum absolute atomic E-state index is 0.616. The molecule has 0 aromatic heterocycles. The zero-order valence-electron chi connectivity index (χ0n) is 11.4. The van der Waals surface area contributed by atoms with Crippen LogP contribution in [0.5, 0.6) is 5.75 Å². The molecule has 3 nitrogen and oxygen atoms in total. The molecule has 0 spiro atoms. The average molecular weight is 259 g/mol. The lowest BCUT2D eigenvalue weighted by Crippen LogP contribution is -2.18. The van der Waals surface area contributed by atoms with Gasteiger partial charge in [-0.1, -0.05) is 23.7 Å². The van der Waals surface area contributed by atoms with Crippen LogP contribution in [0.2, 0.25) is 0 Å². The first-order chi connectivity index (χ1) is 9.26. The van der Waals surface area contributed by atoms with Gasteiger partial charge in [0.15, 0.2) is 0 Å². The second kappa shape index (κ2) is 5.24. The lowest BCUT2D eigenvalue weighted by Gasteiger charge is -2.21. The Kier molecular flexibility index (Phi) is 3.45. The van der Waals surface area contributed by atoms with E-state index >= 15 is 0 Å². The van der Waals surface area contributed by atoms with E-state index in [9.17, 15) is 0 Å². The van der Waals surface area contributed by atoms with Gasteiger partial charge in [-0.2, -0.15) is 0 Å². The first kappa shape index (κ1) is 12.5. The smallest absolute Gasteiger partial charge is 0.119 e. The van der Waals surface area contributed by atoms with Crippen molar-refractivity contribution in [1.29, 1.82) is 0 Å². The first-order valence-corrected chi connectivity index (χ1v) is 7.18. The van der Waals surface area contributed by atoms with Crippen molar-refractivity contribution in [3.63, 3.8) is 0 Å². The van der Waals surface area contributed by atoms with E-state index in [1.165, 1.54) is 25.7 Å². The second-order valence-corrected chi connectivity index (χ2v) is 5.96. The maximum Gasteiger partial charge on any atom is 0.119 e. The number of fused-ring (bicyclic) bond motifs is 2. The van der Waals surface area contributed by atoms with Crippen LogP contribution in [-0.2, 0) is 0 Å². The summed E-state index contributed by atoms with van der Waals surface area (Å²) in [4.78, 5) is 0. The number of nitrogens with zero attached hydrogens (tertiary/aromatic N) is 1. The molecule has 1 N–H and O–H groups in total. The minimum Gasteiger partial charge on any atom is -0.493 e. The summed E-state index contributed by atoms with van der Waals surface area (Å²) in [5.74, 6) is 3.49. The Balaban J connectivity index is 1.61. The Bertz CT molecular complexity index is 483. The summed E-state index contributed by atoms with van der Waals surface area (Å²) in [5.41, 5.74) is 1.53. The predicted octanol–water partition coefficient (Wildman–Crippen LogP) is 3.70. The molecular formula is C16H21NO2. The molecule has 2 bridgehead atoms. The van der Waals surface area contributed by atoms with Crippen molar-refractivity contribution in [2.24, 2.45) is 22.9 Å². The molecule has 0 radical (unpaired) electrons. The normalized spacial score (nSPS) is 29.7. The van der Waals surface area contributed by atoms with Crippen molar-refractivity contribution in [1.82, 2.24) is 0 Å². The highest BCUT2D eigenvalue weighted by molar-refractivity contribution is 5.98. The molecule has 3 unspecified atom stereocenters. The molecule has 3 rings (SSSR count). The molecule has 0 aliphatic heterocycles. The van der Waals surface area contributed by atoms with E-state index in [1.54, 1.807) is 6.92 Å². The van der Waals surface area contributed by atoms with Crippen molar-refractivity contribution in [3.05, 3.63) is 29.8 Å². The lowest BCUT2D eigenvalue weighted by atomic mass is 9.89. The van der Waals surface area contributed by atoms with Gasteiger partial charge in [-0.25, -0.2) is 0 Å². The molecule has 3 heteroatoms. The van der Waals surface area contributed by atoms with Crippen molar-refractivity contribution in [2.75, 3.05) is 6.61 Å². The van der Waals surface area contributed by atoms with E-state index in [2.05, 4.69) is 5.16 Å². The van der Waals surface area contributed by atoms with Gasteiger partial charge in [-0.3, -0.25) is 0 Å². The molecule has 1 aromatic carbocycles. The van der Waals surface area contributed by atoms with Crippen molar-refractivity contribution in [3.8, 4) is 5.75 Å². The molecule has 0 amide bonds. The molecule has 2 saturated carbocycles. The summed E-state index contributed by atoms with van der Waals surface area (Å²) in [7, 11) is 0. The predicted molar refractivity (Wildman–Crippen MR) is 74.9 cm³/mol. The number of oxime groups is 1. The molecular weight excluding hydrogens is 238 g/mol. The third-order valence-electron chi connectivity index (χ3n) is 4.75. The van der Waals surface area contributed by atoms with Crippen LogP contribution in [0.1, 0.15) is 38.2 Å². The fourth-order valence-corrected chi connectivity index (χ4v) is 3.65. The van der Waals surface area contributed by atoms with Crippen LogP contribution in [0, 0.1) is 17.8 Å². The van der Waals surface area contributed by atoms with Crippen LogP contribution in [0.25, 0.3) is 0 Å². The van der Waals surface area contributed by atoms with Crippen LogP contribution < -0.4 is 4.74 Å². The van der Waals surface area contributed by atoms with Gasteiger partial charge in [0.25, 0.3) is 0 Å². The maximum atomic E-state index is 8.80. The molecule has 102 valence electrons. The number of hydrogen-bond donors (Lipinski definition) is 1. The fourth-order valence-electron chi connectivity index (χ4n) is 3.65. The first-order valence-electron chi connectivity index (χ1n) is 7.18. The Morgan fingerprint density at radius 3 is 2.95 bits per heavy atom. The molecule has 1 aromatic rings. The third kappa shape index (κ3) is 2.60. The highest BCUT2D eigenvalue weighted by Gasteiger charge is 2.39. The molecule has 3 atom stereocenters. The van der Waals surface area contributed by atoms with Gasteiger partial charge in [0.05, 0.1) is 12.3 Å². The Hall–Kier alpha value is -1.51. The summed E-state index contributed by atoms with van der Waals surface area (Å²) >= 11 is 0. The second-order valence-electron chi connectivity index (χ2n) is 5.96. The average Bonchev–Trinajstić information content (AvgIpc) is 3.07. The standard InChI is InChI=1S/C16H21NO2/c1-11(17-18)13-3-2-4-16(9-13)19-10-15-8-12-5-6-14(15)7-12/h2-4,9,12,14-15,18H,5-8,10H2,1H3. The van der Waals surface area contributed by atoms with Crippen molar-refractivity contribution < 1.29 is 9.94 Å². The number of rotatable bonds is 4. The van der Waals surface area contributed by atoms with Gasteiger partial charge in [0.1, 0.15) is 5.75 Å². The van der Waals surface area contributed by atoms with Gasteiger partial charge in [-0.05, 0) is 56.1 Å². The summed E-state index contributed by atoms with van der Waals surface area (Å²) < 4.78 is 5.94. The van der Waals surface area contributed by atoms with Crippen LogP contribution in [-0.4, -0.2) is 17.5 Å². The molecule has 2 fully saturated rings. The number of hydrogen-bond acceptors (Lipinski definition) is 3. The van der Waals surface area contributed by atoms with Crippen LogP contribution in [0.4, 0.5) is 0 Å². The van der Waals surface area contributed by atoms with Crippen molar-refractivity contribution >= 4 is 5.71 Å². The van der Waals surface area contributed by atoms with Gasteiger partial charge >= 0.3 is 0 Å². The van der Waals surface area contributed by atoms with Gasteiger partial charge in [0.2, 0.25) is 0 Å². The van der Waals surface area contributed by atoms with Gasteiger partial charge in [-0.15, -0.1) is 0 Å². The van der Waals surface area contributed by atoms with Crippen molar-refractivity contribution in [2.45, 2.75) is 32.6 Å². The minimum atomic E-state index is 0.616. The summed E-state index contributed by atoms with van der Waals surface area (Å²) in [6.45, 7) is 2.62. The number of ether oxygens (including phenoxy) is 1. The van der Waals surface area contributed by atoms with Crippen LogP contribution in [0.15, 0.2) is 29.4 Å². The zero-order valence-corrected chi connectivity index (χ0v) is 11.4. The van der Waals surface area contributed by atoms with E-state index in [0.717, 1.165) is 35.7 Å². The lowest BCUT2D eigenvalue weighted by molar-refractivity contribution is 0.195. The quantitative estimate of drug-likeness (QED) is 0.509.